The number of anilines is 1. The molecule has 2 amide bonds. The number of thioether (sulfide) groups is 1. The SMILES string of the molecule is O=C1NC(=O)C(=Cc2cc(OCc3ccco3)nc(N3CC4(C3)CN(S(=O)(=O)c3ccccc3)C4)n2)S1. The molecule has 37 heavy (non-hydrogen) atoms. The van der Waals surface area contributed by atoms with E-state index in [2.05, 4.69) is 15.3 Å². The Morgan fingerprint density at radius 1 is 1.08 bits per heavy atom. The molecule has 6 rings (SSSR count). The van der Waals surface area contributed by atoms with Crippen LogP contribution in [-0.4, -0.2) is 60.0 Å². The molecule has 0 unspecified atom stereocenters. The molecular weight excluding hydrogens is 518 g/mol. The standard InChI is InChI=1S/C24H21N5O6S2/c30-21-19(36-23(31)27-21)9-16-10-20(35-11-17-5-4-8-34-17)26-22(25-16)28-12-24(13-28)14-29(15-24)37(32,33)18-6-2-1-3-7-18/h1-10H,11-15H2,(H,27,30,31). The Balaban J connectivity index is 1.18. The first-order valence-electron chi connectivity index (χ1n) is 11.4. The van der Waals surface area contributed by atoms with E-state index in [0.717, 1.165) is 11.8 Å². The highest BCUT2D eigenvalue weighted by molar-refractivity contribution is 8.18. The van der Waals surface area contributed by atoms with Crippen LogP contribution in [0.15, 0.2) is 69.0 Å². The number of furan rings is 1. The van der Waals surface area contributed by atoms with Gasteiger partial charge in [0.2, 0.25) is 21.9 Å². The number of aromatic nitrogens is 2. The number of sulfonamides is 1. The summed E-state index contributed by atoms with van der Waals surface area (Å²) in [6.45, 7) is 2.16. The maximum atomic E-state index is 12.9. The van der Waals surface area contributed by atoms with Gasteiger partial charge in [0.05, 0.1) is 21.8 Å². The lowest BCUT2D eigenvalue weighted by atomic mass is 9.74. The quantitative estimate of drug-likeness (QED) is 0.446. The molecule has 11 nitrogen and oxygen atoms in total. The van der Waals surface area contributed by atoms with E-state index in [9.17, 15) is 18.0 Å². The second-order valence-electron chi connectivity index (χ2n) is 9.09. The van der Waals surface area contributed by atoms with Crippen LogP contribution in [0.3, 0.4) is 0 Å². The fourth-order valence-corrected chi connectivity index (χ4v) is 6.89. The van der Waals surface area contributed by atoms with Gasteiger partial charge in [0, 0.05) is 37.7 Å². The highest BCUT2D eigenvalue weighted by atomic mass is 32.2. The maximum Gasteiger partial charge on any atom is 0.290 e. The molecular formula is C24H21N5O6S2. The molecule has 5 heterocycles. The van der Waals surface area contributed by atoms with Crippen LogP contribution in [0, 0.1) is 5.41 Å². The van der Waals surface area contributed by atoms with Gasteiger partial charge in [-0.05, 0) is 42.1 Å². The number of nitrogens with zero attached hydrogens (tertiary/aromatic N) is 4. The molecule has 0 saturated carbocycles. The van der Waals surface area contributed by atoms with E-state index in [1.54, 1.807) is 54.8 Å². The van der Waals surface area contributed by atoms with Gasteiger partial charge in [-0.15, -0.1) is 0 Å². The van der Waals surface area contributed by atoms with Gasteiger partial charge in [-0.2, -0.15) is 9.29 Å². The molecule has 0 bridgehead atoms. The monoisotopic (exact) mass is 539 g/mol. The number of hydrogen-bond donors (Lipinski definition) is 1. The summed E-state index contributed by atoms with van der Waals surface area (Å²) in [6, 6.07) is 13.5. The van der Waals surface area contributed by atoms with E-state index in [-0.39, 0.29) is 27.7 Å². The molecule has 0 radical (unpaired) electrons. The van der Waals surface area contributed by atoms with Crippen LogP contribution in [0.1, 0.15) is 11.5 Å². The van der Waals surface area contributed by atoms with E-state index < -0.39 is 21.2 Å². The highest BCUT2D eigenvalue weighted by Crippen LogP contribution is 2.43. The van der Waals surface area contributed by atoms with E-state index in [1.165, 1.54) is 10.4 Å². The molecule has 3 aliphatic heterocycles. The van der Waals surface area contributed by atoms with Crippen molar-refractivity contribution in [1.29, 1.82) is 0 Å². The van der Waals surface area contributed by atoms with Gasteiger partial charge < -0.3 is 14.1 Å². The highest BCUT2D eigenvalue weighted by Gasteiger charge is 2.56. The predicted molar refractivity (Wildman–Crippen MR) is 134 cm³/mol. The Labute approximate surface area is 216 Å². The van der Waals surface area contributed by atoms with Crippen LogP contribution >= 0.6 is 11.8 Å². The van der Waals surface area contributed by atoms with Crippen LogP contribution in [-0.2, 0) is 21.4 Å². The van der Waals surface area contributed by atoms with E-state index in [1.807, 2.05) is 4.90 Å². The lowest BCUT2D eigenvalue weighted by molar-refractivity contribution is -0.115. The average Bonchev–Trinajstić information content (AvgIpc) is 3.45. The summed E-state index contributed by atoms with van der Waals surface area (Å²) in [6.07, 6.45) is 3.06. The number of ether oxygens (including phenoxy) is 1. The summed E-state index contributed by atoms with van der Waals surface area (Å²) in [7, 11) is -3.52. The third kappa shape index (κ3) is 4.61. The number of benzene rings is 1. The topological polar surface area (TPSA) is 135 Å². The number of rotatable bonds is 7. The van der Waals surface area contributed by atoms with Crippen molar-refractivity contribution in [2.45, 2.75) is 11.5 Å². The summed E-state index contributed by atoms with van der Waals surface area (Å²) in [5, 5.41) is 1.78. The zero-order chi connectivity index (χ0) is 25.6. The minimum Gasteiger partial charge on any atom is -0.469 e. The van der Waals surface area contributed by atoms with Gasteiger partial charge in [0.1, 0.15) is 12.4 Å². The molecule has 0 aliphatic carbocycles. The van der Waals surface area contributed by atoms with Crippen molar-refractivity contribution in [3.05, 3.63) is 71.2 Å². The molecule has 2 aromatic heterocycles. The van der Waals surface area contributed by atoms with Crippen molar-refractivity contribution < 1.29 is 27.2 Å². The zero-order valence-corrected chi connectivity index (χ0v) is 21.0. The summed E-state index contributed by atoms with van der Waals surface area (Å²) >= 11 is 0.802. The first-order chi connectivity index (χ1) is 17.8. The van der Waals surface area contributed by atoms with Gasteiger partial charge in [-0.1, -0.05) is 18.2 Å². The second-order valence-corrected chi connectivity index (χ2v) is 12.0. The Bertz CT molecular complexity index is 1490. The molecule has 3 saturated heterocycles. The first kappa shape index (κ1) is 23.7. The van der Waals surface area contributed by atoms with Crippen molar-refractivity contribution in [3.63, 3.8) is 0 Å². The van der Waals surface area contributed by atoms with Crippen molar-refractivity contribution in [2.24, 2.45) is 5.41 Å². The maximum absolute atomic E-state index is 12.9. The molecule has 1 aromatic carbocycles. The van der Waals surface area contributed by atoms with Crippen molar-refractivity contribution in [2.75, 3.05) is 31.1 Å². The van der Waals surface area contributed by atoms with Crippen molar-refractivity contribution in [3.8, 4) is 5.88 Å². The largest absolute Gasteiger partial charge is 0.469 e. The Morgan fingerprint density at radius 3 is 2.54 bits per heavy atom. The van der Waals surface area contributed by atoms with Crippen LogP contribution < -0.4 is 15.0 Å². The normalized spacial score (nSPS) is 20.1. The smallest absolute Gasteiger partial charge is 0.290 e. The molecule has 3 aliphatic rings. The summed E-state index contributed by atoms with van der Waals surface area (Å²) < 4.78 is 38.3. The van der Waals surface area contributed by atoms with Crippen LogP contribution in [0.5, 0.6) is 5.88 Å². The number of imide groups is 1. The Kier molecular flexibility index (Phi) is 5.77. The fraction of sp³-hybridized carbons (Fsp3) is 0.250. The van der Waals surface area contributed by atoms with E-state index in [0.29, 0.717) is 43.6 Å². The fourth-order valence-electron chi connectivity index (χ4n) is 4.53. The summed E-state index contributed by atoms with van der Waals surface area (Å²) in [5.74, 6) is 0.818. The number of carbonyl (C=O) groups is 2. The van der Waals surface area contributed by atoms with Gasteiger partial charge in [-0.3, -0.25) is 14.9 Å². The zero-order valence-electron chi connectivity index (χ0n) is 19.4. The van der Waals surface area contributed by atoms with E-state index in [4.69, 9.17) is 9.15 Å². The minimum absolute atomic E-state index is 0.156. The van der Waals surface area contributed by atoms with Gasteiger partial charge >= 0.3 is 0 Å². The molecule has 13 heteroatoms. The average molecular weight is 540 g/mol. The van der Waals surface area contributed by atoms with Crippen LogP contribution in [0.4, 0.5) is 10.7 Å². The molecule has 3 fully saturated rings. The van der Waals surface area contributed by atoms with Crippen LogP contribution in [0.2, 0.25) is 0 Å². The number of hydrogen-bond acceptors (Lipinski definition) is 10. The number of nitrogens with one attached hydrogen (secondary N) is 1. The third-order valence-corrected chi connectivity index (χ3v) is 8.93. The predicted octanol–water partition coefficient (Wildman–Crippen LogP) is 2.48. The molecule has 0 atom stereocenters. The first-order valence-corrected chi connectivity index (χ1v) is 13.6. The van der Waals surface area contributed by atoms with Gasteiger partial charge in [0.25, 0.3) is 11.1 Å². The van der Waals surface area contributed by atoms with Crippen LogP contribution in [0.25, 0.3) is 6.08 Å². The number of amides is 2. The van der Waals surface area contributed by atoms with Crippen molar-refractivity contribution in [1.82, 2.24) is 19.6 Å². The summed E-state index contributed by atoms with van der Waals surface area (Å²) in [5.41, 5.74) is 0.247. The molecule has 3 aromatic rings. The lowest BCUT2D eigenvalue weighted by Gasteiger charge is -2.59. The van der Waals surface area contributed by atoms with Crippen molar-refractivity contribution >= 4 is 45.0 Å². The van der Waals surface area contributed by atoms with Gasteiger partial charge in [0.15, 0.2) is 0 Å². The summed E-state index contributed by atoms with van der Waals surface area (Å²) in [4.78, 5) is 35.1. The third-order valence-electron chi connectivity index (χ3n) is 6.31. The second kappa shape index (κ2) is 9.01. The Morgan fingerprint density at radius 2 is 1.86 bits per heavy atom. The molecule has 1 spiro atoms. The lowest BCUT2D eigenvalue weighted by Crippen LogP contribution is -2.73. The molecule has 190 valence electrons. The minimum atomic E-state index is -3.52. The number of carbonyl (C=O) groups excluding carboxylic acids is 2. The van der Waals surface area contributed by atoms with E-state index >= 15 is 0 Å². The van der Waals surface area contributed by atoms with Gasteiger partial charge in [-0.25, -0.2) is 13.4 Å². The molecule has 1 N–H and O–H groups in total. The Hall–Kier alpha value is -3.68.